The third-order valence-electron chi connectivity index (χ3n) is 2.94. The van der Waals surface area contributed by atoms with E-state index in [4.69, 9.17) is 17.3 Å². The minimum atomic E-state index is 0. The van der Waals surface area contributed by atoms with Crippen molar-refractivity contribution in [3.8, 4) is 0 Å². The molecule has 0 spiro atoms. The Labute approximate surface area is 146 Å². The Kier molecular flexibility index (Phi) is 7.90. The number of benzene rings is 2. The molecule has 3 nitrogen and oxygen atoms in total. The first kappa shape index (κ1) is 19.9. The molecule has 21 heavy (non-hydrogen) atoms. The zero-order chi connectivity index (χ0) is 12.5. The first-order chi connectivity index (χ1) is 8.74. The molecule has 0 bridgehead atoms. The molecule has 0 amide bonds. The van der Waals surface area contributed by atoms with Gasteiger partial charge in [-0.3, -0.25) is 4.68 Å². The van der Waals surface area contributed by atoms with Gasteiger partial charge in [0, 0.05) is 16.1 Å². The molecule has 0 aliphatic heterocycles. The molecule has 1 heterocycles. The van der Waals surface area contributed by atoms with Crippen LogP contribution < -0.4 is 5.73 Å². The van der Waals surface area contributed by atoms with Crippen molar-refractivity contribution in [3.63, 3.8) is 0 Å². The van der Waals surface area contributed by atoms with Crippen molar-refractivity contribution in [2.24, 2.45) is 0 Å². The number of nitrogen functional groups attached to an aromatic ring is 1. The van der Waals surface area contributed by atoms with E-state index in [1.807, 2.05) is 53.3 Å². The van der Waals surface area contributed by atoms with Gasteiger partial charge in [0.2, 0.25) is 0 Å². The van der Waals surface area contributed by atoms with Gasteiger partial charge in [-0.1, -0.05) is 29.8 Å². The molecule has 114 valence electrons. The fourth-order valence-electron chi connectivity index (χ4n) is 2.02. The molecule has 3 aromatic rings. The smallest absolute Gasteiger partial charge is 0.0687 e. The van der Waals surface area contributed by atoms with Gasteiger partial charge in [-0.15, -0.1) is 37.2 Å². The Balaban J connectivity index is 0.00000133. The maximum Gasteiger partial charge on any atom is 0.0687 e. The summed E-state index contributed by atoms with van der Waals surface area (Å²) in [6, 6.07) is 13.6. The Bertz CT molecular complexity index is 712. The van der Waals surface area contributed by atoms with Gasteiger partial charge in [0.15, 0.2) is 0 Å². The Morgan fingerprint density at radius 2 is 1.76 bits per heavy atom. The molecule has 0 radical (unpaired) electrons. The summed E-state index contributed by atoms with van der Waals surface area (Å²) in [4.78, 5) is 0. The first-order valence-corrected chi connectivity index (χ1v) is 6.06. The summed E-state index contributed by atoms with van der Waals surface area (Å²) in [5, 5.41) is 6.18. The van der Waals surface area contributed by atoms with Crippen LogP contribution >= 0.6 is 48.8 Å². The minimum Gasteiger partial charge on any atom is -0.399 e. The van der Waals surface area contributed by atoms with Crippen molar-refractivity contribution in [2.45, 2.75) is 6.54 Å². The summed E-state index contributed by atoms with van der Waals surface area (Å²) in [6.45, 7) is 0.660. The minimum absolute atomic E-state index is 0. The van der Waals surface area contributed by atoms with Gasteiger partial charge in [-0.2, -0.15) is 5.10 Å². The molecular formula is C14H15Cl4N3. The Morgan fingerprint density at radius 1 is 1.05 bits per heavy atom. The Hall–Kier alpha value is -1.13. The fraction of sp³-hybridized carbons (Fsp3) is 0.0714. The number of hydrogen-bond acceptors (Lipinski definition) is 2. The third kappa shape index (κ3) is 4.17. The summed E-state index contributed by atoms with van der Waals surface area (Å²) < 4.78 is 1.93. The van der Waals surface area contributed by atoms with Gasteiger partial charge in [0.05, 0.1) is 18.3 Å². The predicted molar refractivity (Wildman–Crippen MR) is 96.4 cm³/mol. The monoisotopic (exact) mass is 365 g/mol. The van der Waals surface area contributed by atoms with Gasteiger partial charge in [-0.25, -0.2) is 0 Å². The topological polar surface area (TPSA) is 43.8 Å². The zero-order valence-corrected chi connectivity index (χ0v) is 14.1. The maximum absolute atomic E-state index is 6.16. The number of halogens is 4. The molecule has 0 saturated heterocycles. The van der Waals surface area contributed by atoms with Gasteiger partial charge in [0.1, 0.15) is 0 Å². The van der Waals surface area contributed by atoms with Crippen LogP contribution in [0.15, 0.2) is 48.7 Å². The van der Waals surface area contributed by atoms with Crippen LogP contribution in [0, 0.1) is 0 Å². The zero-order valence-electron chi connectivity index (χ0n) is 10.9. The van der Waals surface area contributed by atoms with Crippen LogP contribution in [0.25, 0.3) is 10.9 Å². The molecule has 3 rings (SSSR count). The highest BCUT2D eigenvalue weighted by Gasteiger charge is 2.05. The number of nitrogens with zero attached hydrogens (tertiary/aromatic N) is 2. The highest BCUT2D eigenvalue weighted by molar-refractivity contribution is 6.31. The van der Waals surface area contributed by atoms with E-state index >= 15 is 0 Å². The number of rotatable bonds is 2. The molecule has 2 N–H and O–H groups in total. The number of aromatic nitrogens is 2. The molecule has 0 saturated carbocycles. The van der Waals surface area contributed by atoms with Gasteiger partial charge in [0.25, 0.3) is 0 Å². The summed E-state index contributed by atoms with van der Waals surface area (Å²) in [5.41, 5.74) is 8.62. The van der Waals surface area contributed by atoms with Crippen LogP contribution in [0.5, 0.6) is 0 Å². The van der Waals surface area contributed by atoms with Gasteiger partial charge >= 0.3 is 0 Å². The lowest BCUT2D eigenvalue weighted by atomic mass is 10.2. The molecule has 0 atom stereocenters. The molecule has 0 aliphatic rings. The van der Waals surface area contributed by atoms with Crippen molar-refractivity contribution in [2.75, 3.05) is 5.73 Å². The van der Waals surface area contributed by atoms with Gasteiger partial charge < -0.3 is 5.73 Å². The van der Waals surface area contributed by atoms with E-state index < -0.39 is 0 Å². The van der Waals surface area contributed by atoms with E-state index in [-0.39, 0.29) is 37.2 Å². The molecule has 0 unspecified atom stereocenters. The molecular weight excluding hydrogens is 352 g/mol. The average Bonchev–Trinajstić information content (AvgIpc) is 2.74. The highest BCUT2D eigenvalue weighted by atomic mass is 35.5. The van der Waals surface area contributed by atoms with E-state index in [0.717, 1.165) is 27.2 Å². The van der Waals surface area contributed by atoms with Crippen LogP contribution in [-0.2, 0) is 6.54 Å². The average molecular weight is 367 g/mol. The molecule has 0 aliphatic carbocycles. The quantitative estimate of drug-likeness (QED) is 0.674. The lowest BCUT2D eigenvalue weighted by Crippen LogP contribution is -2.01. The standard InChI is InChI=1S/C14H12ClN3.3ClH/c15-13-4-2-1-3-10(13)9-18-14-6-5-12(16)7-11(14)8-17-18;;;/h1-8H,9,16H2;3*1H. The normalized spacial score (nSPS) is 9.38. The van der Waals surface area contributed by atoms with Crippen LogP contribution in [0.4, 0.5) is 5.69 Å². The largest absolute Gasteiger partial charge is 0.399 e. The third-order valence-corrected chi connectivity index (χ3v) is 3.31. The van der Waals surface area contributed by atoms with Crippen LogP contribution in [0.2, 0.25) is 5.02 Å². The fourth-order valence-corrected chi connectivity index (χ4v) is 2.22. The first-order valence-electron chi connectivity index (χ1n) is 5.68. The van der Waals surface area contributed by atoms with Crippen LogP contribution in [0.3, 0.4) is 0 Å². The van der Waals surface area contributed by atoms with E-state index in [1.165, 1.54) is 0 Å². The lowest BCUT2D eigenvalue weighted by molar-refractivity contribution is 0.712. The van der Waals surface area contributed by atoms with Crippen molar-refractivity contribution in [1.29, 1.82) is 0 Å². The van der Waals surface area contributed by atoms with E-state index in [0.29, 0.717) is 6.54 Å². The van der Waals surface area contributed by atoms with Gasteiger partial charge in [-0.05, 0) is 29.8 Å². The SMILES string of the molecule is Cl.Cl.Cl.Nc1ccc2c(cnn2Cc2ccccc2Cl)c1. The predicted octanol–water partition coefficient (Wildman–Crippen LogP) is 4.59. The second-order valence-electron chi connectivity index (χ2n) is 4.21. The van der Waals surface area contributed by atoms with Crippen LogP contribution in [0.1, 0.15) is 5.56 Å². The molecule has 1 aromatic heterocycles. The van der Waals surface area contributed by atoms with E-state index in [2.05, 4.69) is 5.10 Å². The van der Waals surface area contributed by atoms with E-state index in [9.17, 15) is 0 Å². The van der Waals surface area contributed by atoms with Crippen molar-refractivity contribution >= 4 is 65.4 Å². The lowest BCUT2D eigenvalue weighted by Gasteiger charge is -2.06. The highest BCUT2D eigenvalue weighted by Crippen LogP contribution is 2.20. The summed E-state index contributed by atoms with van der Waals surface area (Å²) in [5.74, 6) is 0. The maximum atomic E-state index is 6.16. The number of anilines is 1. The van der Waals surface area contributed by atoms with Crippen LogP contribution in [-0.4, -0.2) is 9.78 Å². The number of nitrogens with two attached hydrogens (primary N) is 1. The van der Waals surface area contributed by atoms with Crippen molar-refractivity contribution in [1.82, 2.24) is 9.78 Å². The summed E-state index contributed by atoms with van der Waals surface area (Å²) in [7, 11) is 0. The van der Waals surface area contributed by atoms with Crippen molar-refractivity contribution < 1.29 is 0 Å². The molecule has 2 aromatic carbocycles. The summed E-state index contributed by atoms with van der Waals surface area (Å²) >= 11 is 6.16. The van der Waals surface area contributed by atoms with Crippen molar-refractivity contribution in [3.05, 3.63) is 59.2 Å². The molecule has 7 heteroatoms. The van der Waals surface area contributed by atoms with E-state index in [1.54, 1.807) is 0 Å². The second-order valence-corrected chi connectivity index (χ2v) is 4.62. The Morgan fingerprint density at radius 3 is 2.48 bits per heavy atom. The second kappa shape index (κ2) is 8.35. The molecule has 0 fully saturated rings. The number of fused-ring (bicyclic) bond motifs is 1. The number of hydrogen-bond donors (Lipinski definition) is 1. The summed E-state index contributed by atoms with van der Waals surface area (Å²) in [6.07, 6.45) is 1.82.